The summed E-state index contributed by atoms with van der Waals surface area (Å²) in [4.78, 5) is 22.0. The van der Waals surface area contributed by atoms with Crippen LogP contribution >= 0.6 is 0 Å². The van der Waals surface area contributed by atoms with Crippen molar-refractivity contribution in [2.75, 3.05) is 6.61 Å². The maximum atomic E-state index is 11.0. The standard InChI is InChI=1S/C13H22O4.C3H7O3S.K/c1-3-5-6-7-9-11(13(15)16)10-17-12(14)8-4-2;1-3(2)7(4,5)6;/h4,8,11H,3,5-7,9-10H2,1-2H3,(H,15,16);3H,1H2,2H3,(H,4,5,6);. The van der Waals surface area contributed by atoms with E-state index in [1.165, 1.54) is 13.0 Å². The zero-order valence-corrected chi connectivity index (χ0v) is 19.5. The molecule has 2 unspecified atom stereocenters. The van der Waals surface area contributed by atoms with E-state index in [1.54, 1.807) is 13.0 Å². The molecule has 0 aromatic heterocycles. The minimum Gasteiger partial charge on any atom is -0.481 e. The third kappa shape index (κ3) is 17.4. The van der Waals surface area contributed by atoms with Crippen molar-refractivity contribution in [2.24, 2.45) is 5.92 Å². The van der Waals surface area contributed by atoms with Gasteiger partial charge in [0.05, 0.1) is 5.92 Å². The van der Waals surface area contributed by atoms with Crippen LogP contribution in [0.2, 0.25) is 0.515 Å². The van der Waals surface area contributed by atoms with Crippen LogP contribution in [0, 0.1) is 5.92 Å². The molecule has 2 atom stereocenters. The molecule has 0 aliphatic heterocycles. The first-order chi connectivity index (χ1) is 11.6. The summed E-state index contributed by atoms with van der Waals surface area (Å²) in [5, 5.41) is 8.42. The molecule has 9 heteroatoms. The van der Waals surface area contributed by atoms with Gasteiger partial charge in [0, 0.05) is 6.08 Å². The third-order valence-electron chi connectivity index (χ3n) is 3.57. The fourth-order valence-corrected chi connectivity index (χ4v) is 4.07. The van der Waals surface area contributed by atoms with Crippen LogP contribution in [-0.2, 0) is 24.4 Å². The molecule has 0 rings (SSSR count). The van der Waals surface area contributed by atoms with Gasteiger partial charge in [-0.15, -0.1) is 0 Å². The number of carboxylic acids is 1. The molecule has 0 aliphatic carbocycles. The van der Waals surface area contributed by atoms with Gasteiger partial charge in [0.2, 0.25) is 0 Å². The predicted octanol–water partition coefficient (Wildman–Crippen LogP) is 2.63. The van der Waals surface area contributed by atoms with Gasteiger partial charge in [-0.1, -0.05) is 38.7 Å². The molecule has 0 saturated carbocycles. The molecule has 0 heterocycles. The average molecular weight is 405 g/mol. The van der Waals surface area contributed by atoms with Crippen molar-refractivity contribution in [3.8, 4) is 0 Å². The van der Waals surface area contributed by atoms with Crippen LogP contribution in [0.25, 0.3) is 0 Å². The van der Waals surface area contributed by atoms with E-state index in [0.717, 1.165) is 25.7 Å². The van der Waals surface area contributed by atoms with Gasteiger partial charge in [0.1, 0.15) is 6.61 Å². The number of hydrogen-bond donors (Lipinski definition) is 2. The van der Waals surface area contributed by atoms with Crippen LogP contribution in [0.1, 0.15) is 52.9 Å². The first-order valence-electron chi connectivity index (χ1n) is 8.58. The van der Waals surface area contributed by atoms with Crippen molar-refractivity contribution in [1.29, 1.82) is 0 Å². The number of unbranched alkanes of at least 4 members (excludes halogenated alkanes) is 3. The van der Waals surface area contributed by atoms with Crippen LogP contribution in [0.5, 0.6) is 0 Å². The van der Waals surface area contributed by atoms with Gasteiger partial charge >= 0.3 is 96.7 Å². The fraction of sp³-hybridized carbons (Fsp3) is 0.750. The van der Waals surface area contributed by atoms with E-state index in [-0.39, 0.29) is 6.61 Å². The van der Waals surface area contributed by atoms with Crippen LogP contribution in [0.3, 0.4) is 0 Å². The molecule has 0 aliphatic rings. The van der Waals surface area contributed by atoms with Gasteiger partial charge < -0.3 is 9.84 Å². The fourth-order valence-electron chi connectivity index (χ4n) is 1.67. The number of aliphatic carboxylic acids is 1. The first-order valence-corrected chi connectivity index (χ1v) is 12.3. The summed E-state index contributed by atoms with van der Waals surface area (Å²) in [7, 11) is -3.71. The largest absolute Gasteiger partial charge is 0.481 e. The molecule has 7 nitrogen and oxygen atoms in total. The number of esters is 1. The summed E-state index contributed by atoms with van der Waals surface area (Å²) in [5.41, 5.74) is 0. The Balaban J connectivity index is 0. The summed E-state index contributed by atoms with van der Waals surface area (Å²) in [6.45, 7) is 5.29. The second-order valence-electron chi connectivity index (χ2n) is 5.75. The molecule has 0 bridgehead atoms. The number of hydrogen-bond acceptors (Lipinski definition) is 5. The van der Waals surface area contributed by atoms with Gasteiger partial charge in [-0.05, 0) is 13.3 Å². The predicted molar refractivity (Wildman–Crippen MR) is 97.2 cm³/mol. The van der Waals surface area contributed by atoms with E-state index in [0.29, 0.717) is 55.9 Å². The average Bonchev–Trinajstić information content (AvgIpc) is 2.53. The van der Waals surface area contributed by atoms with Crippen LogP contribution in [-0.4, -0.2) is 90.8 Å². The summed E-state index contributed by atoms with van der Waals surface area (Å²) < 4.78 is 34.1. The molecular formula is C16H29KO7S. The summed E-state index contributed by atoms with van der Waals surface area (Å²) >= 11 is 0.502. The Kier molecular flexibility index (Phi) is 18.0. The third-order valence-corrected chi connectivity index (χ3v) is 7.76. The molecule has 0 spiro atoms. The summed E-state index contributed by atoms with van der Waals surface area (Å²) in [6.07, 6.45) is 7.56. The van der Waals surface area contributed by atoms with Gasteiger partial charge in [-0.25, -0.2) is 4.79 Å². The molecule has 0 amide bonds. The SMILES string of the molecule is CC([CH2][K])S(=O)(=O)O.CC=CC(=O)OCC(CCCCCC)C(=O)O. The van der Waals surface area contributed by atoms with Gasteiger partial charge in [0.15, 0.2) is 0 Å². The zero-order valence-electron chi connectivity index (χ0n) is 15.6. The Morgan fingerprint density at radius 3 is 2.20 bits per heavy atom. The van der Waals surface area contributed by atoms with Crippen LogP contribution in [0.4, 0.5) is 0 Å². The number of carboxylic acid groups (broad SMARTS) is 1. The number of allylic oxidation sites excluding steroid dienone is 1. The zero-order chi connectivity index (χ0) is 19.9. The van der Waals surface area contributed by atoms with Crippen LogP contribution < -0.4 is 0 Å². The minimum atomic E-state index is -3.71. The van der Waals surface area contributed by atoms with Crippen molar-refractivity contribution < 1.29 is 32.4 Å². The molecule has 25 heavy (non-hydrogen) atoms. The molecule has 0 aromatic rings. The van der Waals surface area contributed by atoms with Gasteiger partial charge in [-0.3, -0.25) is 4.79 Å². The quantitative estimate of drug-likeness (QED) is 0.179. The van der Waals surface area contributed by atoms with Crippen LogP contribution in [0.15, 0.2) is 12.2 Å². The van der Waals surface area contributed by atoms with E-state index < -0.39 is 33.2 Å². The van der Waals surface area contributed by atoms with E-state index in [2.05, 4.69) is 6.92 Å². The Morgan fingerprint density at radius 1 is 1.24 bits per heavy atom. The monoisotopic (exact) mass is 404 g/mol. The van der Waals surface area contributed by atoms with Crippen molar-refractivity contribution in [3.05, 3.63) is 12.2 Å². The Bertz CT molecular complexity index is 503. The van der Waals surface area contributed by atoms with E-state index >= 15 is 0 Å². The number of carbonyl (C=O) groups is 2. The van der Waals surface area contributed by atoms with Crippen molar-refractivity contribution in [1.82, 2.24) is 0 Å². The summed E-state index contributed by atoms with van der Waals surface area (Å²) in [6, 6.07) is 0. The Morgan fingerprint density at radius 2 is 1.84 bits per heavy atom. The topological polar surface area (TPSA) is 118 Å². The Hall–Kier alpha value is 0.226. The second-order valence-corrected chi connectivity index (χ2v) is 8.86. The van der Waals surface area contributed by atoms with E-state index in [4.69, 9.17) is 14.4 Å². The number of ether oxygens (including phenoxy) is 1. The molecule has 0 radical (unpaired) electrons. The van der Waals surface area contributed by atoms with E-state index in [1.807, 2.05) is 0 Å². The van der Waals surface area contributed by atoms with Gasteiger partial charge in [0.25, 0.3) is 0 Å². The van der Waals surface area contributed by atoms with Crippen molar-refractivity contribution >= 4 is 71.0 Å². The maximum absolute atomic E-state index is 11.0. The van der Waals surface area contributed by atoms with Gasteiger partial charge in [-0.2, -0.15) is 0 Å². The molecule has 0 fully saturated rings. The molecule has 142 valence electrons. The van der Waals surface area contributed by atoms with Crippen molar-refractivity contribution in [3.63, 3.8) is 0 Å². The minimum absolute atomic E-state index is 0.0371. The first kappa shape index (κ1) is 27.4. The molecule has 0 aromatic carbocycles. The number of rotatable bonds is 11. The Labute approximate surface area is 184 Å². The normalized spacial score (nSPS) is 13.7. The van der Waals surface area contributed by atoms with E-state index in [9.17, 15) is 18.0 Å². The smallest absolute Gasteiger partial charge is 0.330 e. The molecule has 0 saturated heterocycles. The molecular weight excluding hydrogens is 375 g/mol. The summed E-state index contributed by atoms with van der Waals surface area (Å²) in [5.74, 6) is -1.96. The second kappa shape index (κ2) is 16.4. The maximum Gasteiger partial charge on any atom is 0.330 e. The molecule has 2 N–H and O–H groups in total. The van der Waals surface area contributed by atoms with Crippen molar-refractivity contribution in [2.45, 2.75) is 58.6 Å². The number of carbonyl (C=O) groups excluding carboxylic acids is 1.